The Morgan fingerprint density at radius 2 is 1.65 bits per heavy atom. The van der Waals surface area contributed by atoms with Gasteiger partial charge in [-0.2, -0.15) is 0 Å². The largest absolute Gasteiger partial charge is 0.397 e. The van der Waals surface area contributed by atoms with Crippen molar-refractivity contribution in [3.05, 3.63) is 24.3 Å². The van der Waals surface area contributed by atoms with Crippen LogP contribution in [0.1, 0.15) is 19.3 Å². The third-order valence-electron chi connectivity index (χ3n) is 3.75. The van der Waals surface area contributed by atoms with Crippen LogP contribution in [0.25, 0.3) is 0 Å². The van der Waals surface area contributed by atoms with E-state index in [4.69, 9.17) is 5.73 Å². The number of nitrogens with two attached hydrogens (primary N) is 1. The number of anilines is 2. The van der Waals surface area contributed by atoms with Gasteiger partial charge in [-0.3, -0.25) is 9.59 Å². The van der Waals surface area contributed by atoms with Crippen molar-refractivity contribution in [2.75, 3.05) is 10.6 Å². The quantitative estimate of drug-likeness (QED) is 0.588. The van der Waals surface area contributed by atoms with Crippen molar-refractivity contribution in [1.29, 1.82) is 0 Å². The van der Waals surface area contributed by atoms with Gasteiger partial charge in [-0.1, -0.05) is 12.1 Å². The molecular formula is C13H14N2O2. The predicted molar refractivity (Wildman–Crippen MR) is 64.2 cm³/mol. The summed E-state index contributed by atoms with van der Waals surface area (Å²) >= 11 is 0. The van der Waals surface area contributed by atoms with Gasteiger partial charge in [-0.05, 0) is 31.4 Å². The van der Waals surface area contributed by atoms with E-state index in [1.165, 1.54) is 4.90 Å². The van der Waals surface area contributed by atoms with Crippen molar-refractivity contribution in [2.45, 2.75) is 19.3 Å². The van der Waals surface area contributed by atoms with Crippen LogP contribution in [-0.2, 0) is 9.59 Å². The van der Waals surface area contributed by atoms with E-state index in [2.05, 4.69) is 0 Å². The van der Waals surface area contributed by atoms with Crippen LogP contribution in [0.4, 0.5) is 11.4 Å². The predicted octanol–water partition coefficient (Wildman–Crippen LogP) is 1.56. The molecule has 2 atom stereocenters. The number of benzene rings is 1. The van der Waals surface area contributed by atoms with Gasteiger partial charge in [0.05, 0.1) is 11.4 Å². The third-order valence-corrected chi connectivity index (χ3v) is 3.75. The minimum atomic E-state index is -0.0818. The van der Waals surface area contributed by atoms with Crippen molar-refractivity contribution in [3.8, 4) is 0 Å². The third kappa shape index (κ3) is 1.44. The molecule has 2 fully saturated rings. The molecular weight excluding hydrogens is 216 g/mol. The first-order valence-corrected chi connectivity index (χ1v) is 5.91. The Bertz CT molecular complexity index is 476. The maximum atomic E-state index is 12.2. The average molecular weight is 230 g/mol. The van der Waals surface area contributed by atoms with E-state index >= 15 is 0 Å². The summed E-state index contributed by atoms with van der Waals surface area (Å²) in [5, 5.41) is 0. The highest BCUT2D eigenvalue weighted by Crippen LogP contribution is 2.41. The highest BCUT2D eigenvalue weighted by molar-refractivity contribution is 6.19. The highest BCUT2D eigenvalue weighted by atomic mass is 16.2. The molecule has 1 saturated heterocycles. The molecule has 88 valence electrons. The maximum absolute atomic E-state index is 12.2. The topological polar surface area (TPSA) is 63.4 Å². The summed E-state index contributed by atoms with van der Waals surface area (Å²) in [5.41, 5.74) is 6.86. The number of hydrogen-bond acceptors (Lipinski definition) is 3. The Morgan fingerprint density at radius 1 is 1.06 bits per heavy atom. The molecule has 0 radical (unpaired) electrons. The van der Waals surface area contributed by atoms with Gasteiger partial charge in [0, 0.05) is 11.8 Å². The summed E-state index contributed by atoms with van der Waals surface area (Å²) in [4.78, 5) is 25.7. The van der Waals surface area contributed by atoms with Gasteiger partial charge in [0.25, 0.3) is 0 Å². The van der Waals surface area contributed by atoms with Crippen LogP contribution in [0.15, 0.2) is 24.3 Å². The Balaban J connectivity index is 2.05. The summed E-state index contributed by atoms with van der Waals surface area (Å²) in [7, 11) is 0. The molecule has 1 aromatic rings. The zero-order valence-corrected chi connectivity index (χ0v) is 9.43. The second-order valence-corrected chi connectivity index (χ2v) is 4.78. The molecule has 2 bridgehead atoms. The average Bonchev–Trinajstić information content (AvgIpc) is 2.76. The molecule has 17 heavy (non-hydrogen) atoms. The minimum Gasteiger partial charge on any atom is -0.397 e. The first-order chi connectivity index (χ1) is 8.18. The molecule has 2 unspecified atom stereocenters. The lowest BCUT2D eigenvalue weighted by atomic mass is 9.96. The van der Waals surface area contributed by atoms with E-state index in [-0.39, 0.29) is 23.7 Å². The van der Waals surface area contributed by atoms with E-state index in [1.54, 1.807) is 24.3 Å². The fourth-order valence-corrected chi connectivity index (χ4v) is 2.83. The maximum Gasteiger partial charge on any atom is 0.236 e. The number of para-hydroxylation sites is 2. The zero-order valence-electron chi connectivity index (χ0n) is 9.43. The number of nitrogens with zero attached hydrogens (tertiary/aromatic N) is 1. The number of carbonyl (C=O) groups excluding carboxylic acids is 2. The van der Waals surface area contributed by atoms with Crippen molar-refractivity contribution in [2.24, 2.45) is 11.8 Å². The van der Waals surface area contributed by atoms with Gasteiger partial charge in [0.1, 0.15) is 0 Å². The zero-order chi connectivity index (χ0) is 12.0. The Hall–Kier alpha value is -1.84. The summed E-state index contributed by atoms with van der Waals surface area (Å²) in [5.74, 6) is -0.141. The smallest absolute Gasteiger partial charge is 0.236 e. The van der Waals surface area contributed by atoms with E-state index in [0.717, 1.165) is 19.3 Å². The van der Waals surface area contributed by atoms with E-state index in [9.17, 15) is 9.59 Å². The number of fused-ring (bicyclic) bond motifs is 2. The molecule has 2 amide bonds. The molecule has 2 N–H and O–H groups in total. The molecule has 1 saturated carbocycles. The summed E-state index contributed by atoms with van der Waals surface area (Å²) in [6, 6.07) is 7.04. The first-order valence-electron chi connectivity index (χ1n) is 5.91. The molecule has 1 aromatic carbocycles. The normalized spacial score (nSPS) is 27.6. The van der Waals surface area contributed by atoms with E-state index in [1.807, 2.05) is 0 Å². The lowest BCUT2D eigenvalue weighted by Gasteiger charge is -2.30. The highest BCUT2D eigenvalue weighted by Gasteiger charge is 2.46. The SMILES string of the molecule is Nc1ccccc1N1C(=O)C2CCC(C2)C1=O. The lowest BCUT2D eigenvalue weighted by Crippen LogP contribution is -2.46. The summed E-state index contributed by atoms with van der Waals surface area (Å²) < 4.78 is 0. The van der Waals surface area contributed by atoms with Gasteiger partial charge in [0.2, 0.25) is 11.8 Å². The number of piperidine rings is 1. The van der Waals surface area contributed by atoms with Crippen LogP contribution >= 0.6 is 0 Å². The summed E-state index contributed by atoms with van der Waals surface area (Å²) in [6.45, 7) is 0. The van der Waals surface area contributed by atoms with Crippen LogP contribution in [0.2, 0.25) is 0 Å². The molecule has 1 aliphatic carbocycles. The van der Waals surface area contributed by atoms with Gasteiger partial charge >= 0.3 is 0 Å². The molecule has 1 aliphatic heterocycles. The molecule has 0 spiro atoms. The van der Waals surface area contributed by atoms with Crippen molar-refractivity contribution >= 4 is 23.2 Å². The number of amides is 2. The number of carbonyl (C=O) groups is 2. The summed E-state index contributed by atoms with van der Waals surface area (Å²) in [6.07, 6.45) is 2.39. The number of imide groups is 1. The van der Waals surface area contributed by atoms with Gasteiger partial charge in [0.15, 0.2) is 0 Å². The fourth-order valence-electron chi connectivity index (χ4n) is 2.83. The molecule has 1 heterocycles. The number of hydrogen-bond donors (Lipinski definition) is 1. The van der Waals surface area contributed by atoms with Crippen molar-refractivity contribution < 1.29 is 9.59 Å². The van der Waals surface area contributed by atoms with Crippen LogP contribution < -0.4 is 10.6 Å². The second-order valence-electron chi connectivity index (χ2n) is 4.78. The van der Waals surface area contributed by atoms with E-state index < -0.39 is 0 Å². The van der Waals surface area contributed by atoms with Crippen LogP contribution in [0.5, 0.6) is 0 Å². The first kappa shape index (κ1) is 10.3. The molecule has 4 heteroatoms. The standard InChI is InChI=1S/C13H14N2O2/c14-10-3-1-2-4-11(10)15-12(16)8-5-6-9(7-8)13(15)17/h1-4,8-9H,5-7,14H2. The van der Waals surface area contributed by atoms with Gasteiger partial charge in [-0.25, -0.2) is 4.90 Å². The fraction of sp³-hybridized carbons (Fsp3) is 0.385. The Kier molecular flexibility index (Phi) is 2.18. The van der Waals surface area contributed by atoms with Crippen LogP contribution in [0, 0.1) is 11.8 Å². The molecule has 3 rings (SSSR count). The Labute approximate surface area is 99.4 Å². The van der Waals surface area contributed by atoms with Crippen molar-refractivity contribution in [3.63, 3.8) is 0 Å². The molecule has 4 nitrogen and oxygen atoms in total. The number of rotatable bonds is 1. The monoisotopic (exact) mass is 230 g/mol. The second kappa shape index (κ2) is 3.58. The Morgan fingerprint density at radius 3 is 2.24 bits per heavy atom. The van der Waals surface area contributed by atoms with Crippen LogP contribution in [0.3, 0.4) is 0 Å². The van der Waals surface area contributed by atoms with Gasteiger partial charge in [-0.15, -0.1) is 0 Å². The van der Waals surface area contributed by atoms with Gasteiger partial charge < -0.3 is 5.73 Å². The molecule has 0 aromatic heterocycles. The lowest BCUT2D eigenvalue weighted by molar-refractivity contribution is -0.132. The number of nitrogen functional groups attached to an aromatic ring is 1. The molecule has 2 aliphatic rings. The van der Waals surface area contributed by atoms with E-state index in [0.29, 0.717) is 11.4 Å². The van der Waals surface area contributed by atoms with Crippen LogP contribution in [-0.4, -0.2) is 11.8 Å². The minimum absolute atomic E-state index is 0.0114. The van der Waals surface area contributed by atoms with Crippen molar-refractivity contribution in [1.82, 2.24) is 0 Å².